The van der Waals surface area contributed by atoms with Gasteiger partial charge in [0.1, 0.15) is 5.52 Å². The molecule has 2 aromatic rings. The van der Waals surface area contributed by atoms with Crippen molar-refractivity contribution in [2.45, 2.75) is 27.3 Å². The fraction of sp³-hybridized carbons (Fsp3) is 0.455. The van der Waals surface area contributed by atoms with Crippen molar-refractivity contribution in [3.63, 3.8) is 0 Å². The zero-order valence-corrected chi connectivity index (χ0v) is 9.63. The molecule has 0 aliphatic heterocycles. The van der Waals surface area contributed by atoms with Crippen LogP contribution in [0.2, 0.25) is 0 Å². The lowest BCUT2D eigenvalue weighted by Crippen LogP contribution is -2.36. The van der Waals surface area contributed by atoms with E-state index in [0.29, 0.717) is 17.6 Å². The Morgan fingerprint density at radius 2 is 2.00 bits per heavy atom. The number of aromatic nitrogens is 3. The lowest BCUT2D eigenvalue weighted by Gasteiger charge is -2.06. The second-order valence-electron chi connectivity index (χ2n) is 4.48. The summed E-state index contributed by atoms with van der Waals surface area (Å²) in [6, 6.07) is 1.76. The summed E-state index contributed by atoms with van der Waals surface area (Å²) < 4.78 is 1.24. The van der Waals surface area contributed by atoms with E-state index in [-0.39, 0.29) is 17.2 Å². The average molecular weight is 221 g/mol. The van der Waals surface area contributed by atoms with E-state index in [0.717, 1.165) is 5.69 Å². The first-order valence-electron chi connectivity index (χ1n) is 5.31. The zero-order valence-electron chi connectivity index (χ0n) is 9.63. The summed E-state index contributed by atoms with van der Waals surface area (Å²) in [5.41, 5.74) is 1.32. The third kappa shape index (κ3) is 1.68. The topological polar surface area (TPSA) is 70.7 Å². The Morgan fingerprint density at radius 1 is 1.31 bits per heavy atom. The maximum atomic E-state index is 12.0. The number of hydrogen-bond donors (Lipinski definition) is 2. The van der Waals surface area contributed by atoms with E-state index in [1.165, 1.54) is 4.57 Å². The molecule has 2 aromatic heterocycles. The van der Waals surface area contributed by atoms with Crippen molar-refractivity contribution in [2.75, 3.05) is 0 Å². The largest absolute Gasteiger partial charge is 0.353 e. The van der Waals surface area contributed by atoms with E-state index >= 15 is 0 Å². The molecule has 0 bridgehead atoms. The molecule has 0 aliphatic carbocycles. The van der Waals surface area contributed by atoms with Gasteiger partial charge in [0.15, 0.2) is 0 Å². The number of fused-ring (bicyclic) bond motifs is 1. The molecule has 2 heterocycles. The number of hydrogen-bond acceptors (Lipinski definition) is 2. The molecule has 0 aromatic carbocycles. The van der Waals surface area contributed by atoms with Gasteiger partial charge in [-0.1, -0.05) is 13.8 Å². The third-order valence-corrected chi connectivity index (χ3v) is 2.45. The second-order valence-corrected chi connectivity index (χ2v) is 4.48. The molecule has 0 saturated heterocycles. The Balaban J connectivity index is 2.75. The lowest BCUT2D eigenvalue weighted by molar-refractivity contribution is 0.495. The predicted octanol–water partition coefficient (Wildman–Crippen LogP) is 0.982. The van der Waals surface area contributed by atoms with E-state index in [4.69, 9.17) is 0 Å². The van der Waals surface area contributed by atoms with Crippen molar-refractivity contribution < 1.29 is 0 Å². The van der Waals surface area contributed by atoms with Crippen LogP contribution in [0, 0.1) is 12.8 Å². The van der Waals surface area contributed by atoms with Crippen molar-refractivity contribution in [1.29, 1.82) is 0 Å². The number of aromatic amines is 2. The highest BCUT2D eigenvalue weighted by atomic mass is 16.2. The zero-order chi connectivity index (χ0) is 11.9. The summed E-state index contributed by atoms with van der Waals surface area (Å²) in [5.74, 6) is 0.257. The third-order valence-electron chi connectivity index (χ3n) is 2.45. The Hall–Kier alpha value is -1.78. The summed E-state index contributed by atoms with van der Waals surface area (Å²) in [6.07, 6.45) is 0. The Morgan fingerprint density at radius 3 is 2.62 bits per heavy atom. The van der Waals surface area contributed by atoms with Crippen LogP contribution in [-0.2, 0) is 6.54 Å². The molecule has 0 atom stereocenters. The van der Waals surface area contributed by atoms with Gasteiger partial charge in [-0.25, -0.2) is 4.79 Å². The van der Waals surface area contributed by atoms with Gasteiger partial charge in [0.05, 0.1) is 5.52 Å². The molecule has 0 radical (unpaired) electrons. The van der Waals surface area contributed by atoms with Crippen LogP contribution in [0.1, 0.15) is 19.5 Å². The molecule has 0 fully saturated rings. The number of aryl methyl sites for hydroxylation is 1. The number of rotatable bonds is 2. The highest BCUT2D eigenvalue weighted by Crippen LogP contribution is 2.06. The lowest BCUT2D eigenvalue weighted by atomic mass is 10.2. The number of H-pyrrole nitrogens is 2. The van der Waals surface area contributed by atoms with Crippen LogP contribution in [0.5, 0.6) is 0 Å². The highest BCUT2D eigenvalue weighted by molar-refractivity contribution is 5.74. The van der Waals surface area contributed by atoms with Crippen molar-refractivity contribution in [2.24, 2.45) is 5.92 Å². The minimum atomic E-state index is -0.342. The standard InChI is InChI=1S/C11H15N3O2/c1-6(2)5-14-10(15)9-8(13-11(14)16)4-7(3)12-9/h4,6,12H,5H2,1-3H3,(H,13,16). The van der Waals surface area contributed by atoms with Crippen molar-refractivity contribution >= 4 is 11.0 Å². The van der Waals surface area contributed by atoms with Gasteiger partial charge in [0, 0.05) is 12.2 Å². The van der Waals surface area contributed by atoms with Gasteiger partial charge in [-0.3, -0.25) is 9.36 Å². The van der Waals surface area contributed by atoms with Gasteiger partial charge in [0.2, 0.25) is 0 Å². The molecule has 16 heavy (non-hydrogen) atoms. The maximum absolute atomic E-state index is 12.0. The minimum absolute atomic E-state index is 0.249. The van der Waals surface area contributed by atoms with Gasteiger partial charge in [0.25, 0.3) is 5.56 Å². The Labute approximate surface area is 92.1 Å². The molecule has 0 amide bonds. The van der Waals surface area contributed by atoms with Crippen LogP contribution < -0.4 is 11.2 Å². The van der Waals surface area contributed by atoms with E-state index in [9.17, 15) is 9.59 Å². The molecule has 86 valence electrons. The molecule has 5 nitrogen and oxygen atoms in total. The monoisotopic (exact) mass is 221 g/mol. The van der Waals surface area contributed by atoms with Crippen LogP contribution in [0.25, 0.3) is 11.0 Å². The van der Waals surface area contributed by atoms with Crippen molar-refractivity contribution in [3.8, 4) is 0 Å². The van der Waals surface area contributed by atoms with Crippen LogP contribution in [0.3, 0.4) is 0 Å². The summed E-state index contributed by atoms with van der Waals surface area (Å²) in [4.78, 5) is 29.4. The Kier molecular flexibility index (Phi) is 2.46. The van der Waals surface area contributed by atoms with Crippen LogP contribution in [-0.4, -0.2) is 14.5 Å². The van der Waals surface area contributed by atoms with Crippen LogP contribution in [0.4, 0.5) is 0 Å². The molecule has 2 N–H and O–H groups in total. The molecule has 0 aliphatic rings. The van der Waals surface area contributed by atoms with Crippen molar-refractivity contribution in [3.05, 3.63) is 32.6 Å². The van der Waals surface area contributed by atoms with Gasteiger partial charge < -0.3 is 9.97 Å². The predicted molar refractivity (Wildman–Crippen MR) is 62.8 cm³/mol. The quantitative estimate of drug-likeness (QED) is 0.793. The summed E-state index contributed by atoms with van der Waals surface area (Å²) in [7, 11) is 0. The summed E-state index contributed by atoms with van der Waals surface area (Å²) in [5, 5.41) is 0. The van der Waals surface area contributed by atoms with Crippen LogP contribution >= 0.6 is 0 Å². The van der Waals surface area contributed by atoms with Gasteiger partial charge in [-0.15, -0.1) is 0 Å². The first kappa shape index (κ1) is 10.7. The second kappa shape index (κ2) is 3.66. The van der Waals surface area contributed by atoms with E-state index < -0.39 is 0 Å². The first-order chi connectivity index (χ1) is 7.49. The van der Waals surface area contributed by atoms with Gasteiger partial charge in [-0.2, -0.15) is 0 Å². The van der Waals surface area contributed by atoms with E-state index in [1.54, 1.807) is 6.07 Å². The summed E-state index contributed by atoms with van der Waals surface area (Å²) in [6.45, 7) is 6.22. The van der Waals surface area contributed by atoms with E-state index in [1.807, 2.05) is 20.8 Å². The van der Waals surface area contributed by atoms with E-state index in [2.05, 4.69) is 9.97 Å². The number of nitrogens with zero attached hydrogens (tertiary/aromatic N) is 1. The van der Waals surface area contributed by atoms with Gasteiger partial charge in [-0.05, 0) is 18.9 Å². The molecule has 0 saturated carbocycles. The molecule has 2 rings (SSSR count). The fourth-order valence-electron chi connectivity index (χ4n) is 1.80. The molecule has 5 heteroatoms. The molecular weight excluding hydrogens is 206 g/mol. The first-order valence-corrected chi connectivity index (χ1v) is 5.31. The average Bonchev–Trinajstić information content (AvgIpc) is 2.53. The molecule has 0 spiro atoms. The highest BCUT2D eigenvalue weighted by Gasteiger charge is 2.10. The normalized spacial score (nSPS) is 11.5. The number of nitrogens with one attached hydrogen (secondary N) is 2. The van der Waals surface area contributed by atoms with Gasteiger partial charge >= 0.3 is 5.69 Å². The van der Waals surface area contributed by atoms with Crippen molar-refractivity contribution in [1.82, 2.24) is 14.5 Å². The summed E-state index contributed by atoms with van der Waals surface area (Å²) >= 11 is 0. The Bertz CT molecular complexity index is 631. The smallest absolute Gasteiger partial charge is 0.328 e. The minimum Gasteiger partial charge on any atom is -0.353 e. The molecular formula is C11H15N3O2. The maximum Gasteiger partial charge on any atom is 0.328 e. The SMILES string of the molecule is Cc1cc2[nH]c(=O)n(CC(C)C)c(=O)c2[nH]1. The fourth-order valence-corrected chi connectivity index (χ4v) is 1.80. The van der Waals surface area contributed by atoms with Crippen LogP contribution in [0.15, 0.2) is 15.7 Å². The molecule has 0 unspecified atom stereocenters.